The van der Waals surface area contributed by atoms with Crippen molar-refractivity contribution < 1.29 is 4.79 Å². The van der Waals surface area contributed by atoms with Crippen molar-refractivity contribution in [2.45, 2.75) is 26.4 Å². The summed E-state index contributed by atoms with van der Waals surface area (Å²) in [6.07, 6.45) is 6.42. The lowest BCUT2D eigenvalue weighted by Gasteiger charge is -2.17. The average Bonchev–Trinajstić information content (AvgIpc) is 3.24. The first-order valence-corrected chi connectivity index (χ1v) is 8.78. The summed E-state index contributed by atoms with van der Waals surface area (Å²) in [7, 11) is 1.81. The molecular weight excluding hydrogens is 320 g/mol. The molecule has 6 heteroatoms. The Morgan fingerprint density at radius 1 is 1.33 bits per heavy atom. The molecule has 0 unspecified atom stereocenters. The van der Waals surface area contributed by atoms with E-state index in [-0.39, 0.29) is 5.91 Å². The molecule has 0 saturated carbocycles. The molecule has 0 atom stereocenters. The number of pyridine rings is 1. The number of hydrogen-bond donors (Lipinski definition) is 0. The number of amides is 1. The fourth-order valence-electron chi connectivity index (χ4n) is 2.53. The number of nitrogens with zero attached hydrogens (tertiary/aromatic N) is 4. The molecular formula is C18H20N4OS. The molecule has 0 bridgehead atoms. The smallest absolute Gasteiger partial charge is 0.270 e. The van der Waals surface area contributed by atoms with Crippen LogP contribution >= 0.6 is 11.3 Å². The van der Waals surface area contributed by atoms with Gasteiger partial charge in [0.25, 0.3) is 5.91 Å². The zero-order valence-corrected chi connectivity index (χ0v) is 14.7. The molecule has 3 aromatic rings. The Balaban J connectivity index is 1.71. The predicted molar refractivity (Wildman–Crippen MR) is 95.1 cm³/mol. The Morgan fingerprint density at radius 3 is 2.92 bits per heavy atom. The SMILES string of the molecule is CCc1nc(CN(C)C(=O)c2cccn2Cc2cccnc2)cs1. The summed E-state index contributed by atoms with van der Waals surface area (Å²) < 4.78 is 1.95. The van der Waals surface area contributed by atoms with E-state index < -0.39 is 0 Å². The normalized spacial score (nSPS) is 10.8. The summed E-state index contributed by atoms with van der Waals surface area (Å²) in [6, 6.07) is 7.66. The van der Waals surface area contributed by atoms with Gasteiger partial charge in [-0.15, -0.1) is 11.3 Å². The van der Waals surface area contributed by atoms with Crippen molar-refractivity contribution in [2.75, 3.05) is 7.05 Å². The highest BCUT2D eigenvalue weighted by atomic mass is 32.1. The van der Waals surface area contributed by atoms with Crippen LogP contribution in [0.15, 0.2) is 48.2 Å². The van der Waals surface area contributed by atoms with Crippen LogP contribution in [0.4, 0.5) is 0 Å². The molecule has 1 amide bonds. The molecule has 0 N–H and O–H groups in total. The summed E-state index contributed by atoms with van der Waals surface area (Å²) >= 11 is 1.64. The van der Waals surface area contributed by atoms with Crippen molar-refractivity contribution >= 4 is 17.2 Å². The van der Waals surface area contributed by atoms with Crippen LogP contribution in [0.5, 0.6) is 0 Å². The van der Waals surface area contributed by atoms with Crippen molar-refractivity contribution in [2.24, 2.45) is 0 Å². The van der Waals surface area contributed by atoms with Gasteiger partial charge in [0.1, 0.15) is 5.69 Å². The van der Waals surface area contributed by atoms with E-state index in [4.69, 9.17) is 0 Å². The molecule has 0 saturated heterocycles. The molecule has 3 rings (SSSR count). The topological polar surface area (TPSA) is 51.0 Å². The van der Waals surface area contributed by atoms with Crippen molar-refractivity contribution in [3.63, 3.8) is 0 Å². The summed E-state index contributed by atoms with van der Waals surface area (Å²) in [5.74, 6) is -0.00469. The zero-order valence-electron chi connectivity index (χ0n) is 13.8. The Morgan fingerprint density at radius 2 is 2.21 bits per heavy atom. The van der Waals surface area contributed by atoms with Gasteiger partial charge in [-0.2, -0.15) is 0 Å². The van der Waals surface area contributed by atoms with Crippen LogP contribution in [0.2, 0.25) is 0 Å². The third-order valence-electron chi connectivity index (χ3n) is 3.77. The maximum atomic E-state index is 12.8. The Labute approximate surface area is 145 Å². The predicted octanol–water partition coefficient (Wildman–Crippen LogP) is 3.22. The number of aryl methyl sites for hydroxylation is 1. The molecule has 3 aromatic heterocycles. The molecule has 3 heterocycles. The first kappa shape index (κ1) is 16.4. The van der Waals surface area contributed by atoms with Crippen LogP contribution < -0.4 is 0 Å². The Hall–Kier alpha value is -2.47. The first-order valence-electron chi connectivity index (χ1n) is 7.90. The number of hydrogen-bond acceptors (Lipinski definition) is 4. The number of aromatic nitrogens is 3. The molecule has 0 aliphatic rings. The van der Waals surface area contributed by atoms with E-state index in [0.29, 0.717) is 18.8 Å². The fraction of sp³-hybridized carbons (Fsp3) is 0.278. The highest BCUT2D eigenvalue weighted by Crippen LogP contribution is 2.14. The summed E-state index contributed by atoms with van der Waals surface area (Å²) in [6.45, 7) is 3.24. The van der Waals surface area contributed by atoms with Crippen LogP contribution in [0.1, 0.15) is 33.7 Å². The second-order valence-electron chi connectivity index (χ2n) is 5.63. The molecule has 0 spiro atoms. The number of carbonyl (C=O) groups is 1. The van der Waals surface area contributed by atoms with Gasteiger partial charge in [-0.1, -0.05) is 13.0 Å². The van der Waals surface area contributed by atoms with Crippen LogP contribution in [-0.2, 0) is 19.5 Å². The minimum absolute atomic E-state index is 0.00469. The van der Waals surface area contributed by atoms with E-state index in [1.807, 2.05) is 53.7 Å². The zero-order chi connectivity index (χ0) is 16.9. The quantitative estimate of drug-likeness (QED) is 0.692. The second kappa shape index (κ2) is 7.40. The van der Waals surface area contributed by atoms with Crippen molar-refractivity contribution in [3.05, 3.63) is 70.2 Å². The van der Waals surface area contributed by atoms with E-state index in [2.05, 4.69) is 16.9 Å². The molecule has 0 fully saturated rings. The van der Waals surface area contributed by atoms with E-state index in [0.717, 1.165) is 22.7 Å². The van der Waals surface area contributed by atoms with Gasteiger partial charge in [0, 0.05) is 37.6 Å². The van der Waals surface area contributed by atoms with Crippen LogP contribution in [-0.4, -0.2) is 32.4 Å². The largest absolute Gasteiger partial charge is 0.339 e. The molecule has 0 aliphatic heterocycles. The molecule has 24 heavy (non-hydrogen) atoms. The molecule has 0 aliphatic carbocycles. The average molecular weight is 340 g/mol. The van der Waals surface area contributed by atoms with Gasteiger partial charge in [-0.25, -0.2) is 4.98 Å². The number of rotatable bonds is 6. The van der Waals surface area contributed by atoms with Crippen molar-refractivity contribution in [1.82, 2.24) is 19.4 Å². The van der Waals surface area contributed by atoms with Crippen LogP contribution in [0.3, 0.4) is 0 Å². The summed E-state index contributed by atoms with van der Waals surface area (Å²) in [5.41, 5.74) is 2.68. The maximum absolute atomic E-state index is 12.8. The first-order chi connectivity index (χ1) is 11.7. The van der Waals surface area contributed by atoms with Gasteiger partial charge in [-0.3, -0.25) is 9.78 Å². The van der Waals surface area contributed by atoms with Gasteiger partial charge in [0.15, 0.2) is 0 Å². The van der Waals surface area contributed by atoms with E-state index in [1.54, 1.807) is 22.4 Å². The van der Waals surface area contributed by atoms with Crippen molar-refractivity contribution in [1.29, 1.82) is 0 Å². The lowest BCUT2D eigenvalue weighted by Crippen LogP contribution is -2.28. The number of thiazole rings is 1. The monoisotopic (exact) mass is 340 g/mol. The van der Waals surface area contributed by atoms with Gasteiger partial charge in [0.2, 0.25) is 0 Å². The van der Waals surface area contributed by atoms with Gasteiger partial charge >= 0.3 is 0 Å². The standard InChI is InChI=1S/C18H20N4OS/c1-3-17-20-15(13-24-17)12-21(2)18(23)16-7-5-9-22(16)11-14-6-4-8-19-10-14/h4-10,13H,3,11-12H2,1-2H3. The Kier molecular flexibility index (Phi) is 5.05. The highest BCUT2D eigenvalue weighted by Gasteiger charge is 2.17. The lowest BCUT2D eigenvalue weighted by molar-refractivity contribution is 0.0773. The highest BCUT2D eigenvalue weighted by molar-refractivity contribution is 7.09. The number of carbonyl (C=O) groups excluding carboxylic acids is 1. The fourth-order valence-corrected chi connectivity index (χ4v) is 3.26. The maximum Gasteiger partial charge on any atom is 0.270 e. The summed E-state index contributed by atoms with van der Waals surface area (Å²) in [4.78, 5) is 23.1. The van der Waals surface area contributed by atoms with Crippen molar-refractivity contribution in [3.8, 4) is 0 Å². The van der Waals surface area contributed by atoms with Gasteiger partial charge in [0.05, 0.1) is 17.2 Å². The minimum Gasteiger partial charge on any atom is -0.339 e. The molecule has 0 radical (unpaired) electrons. The van der Waals surface area contributed by atoms with E-state index in [1.165, 1.54) is 0 Å². The molecule has 5 nitrogen and oxygen atoms in total. The Bertz CT molecular complexity index is 809. The van der Waals surface area contributed by atoms with Crippen LogP contribution in [0.25, 0.3) is 0 Å². The molecule has 124 valence electrons. The van der Waals surface area contributed by atoms with E-state index in [9.17, 15) is 4.79 Å². The van der Waals surface area contributed by atoms with Gasteiger partial charge in [-0.05, 0) is 30.2 Å². The summed E-state index contributed by atoms with van der Waals surface area (Å²) in [5, 5.41) is 3.13. The minimum atomic E-state index is -0.00469. The second-order valence-corrected chi connectivity index (χ2v) is 6.57. The van der Waals surface area contributed by atoms with Crippen LogP contribution in [0, 0.1) is 0 Å². The molecule has 0 aromatic carbocycles. The van der Waals surface area contributed by atoms with Gasteiger partial charge < -0.3 is 9.47 Å². The lowest BCUT2D eigenvalue weighted by atomic mass is 10.2. The van der Waals surface area contributed by atoms with E-state index >= 15 is 0 Å². The third-order valence-corrected chi connectivity index (χ3v) is 4.81. The third kappa shape index (κ3) is 3.71.